The minimum Gasteiger partial charge on any atom is -0.337 e. The molecule has 8 heteroatoms. The summed E-state index contributed by atoms with van der Waals surface area (Å²) in [7, 11) is 0. The van der Waals surface area contributed by atoms with E-state index in [1.165, 1.54) is 23.1 Å². The molecule has 0 aliphatic heterocycles. The average Bonchev–Trinajstić information content (AvgIpc) is 3.16. The van der Waals surface area contributed by atoms with E-state index in [1.807, 2.05) is 30.3 Å². The van der Waals surface area contributed by atoms with E-state index in [-0.39, 0.29) is 30.6 Å². The van der Waals surface area contributed by atoms with Crippen LogP contribution >= 0.6 is 0 Å². The first-order chi connectivity index (χ1) is 13.5. The van der Waals surface area contributed by atoms with Crippen molar-refractivity contribution >= 4 is 11.6 Å². The van der Waals surface area contributed by atoms with Crippen molar-refractivity contribution in [2.24, 2.45) is 0 Å². The van der Waals surface area contributed by atoms with Gasteiger partial charge < -0.3 is 9.42 Å². The zero-order valence-corrected chi connectivity index (χ0v) is 15.2. The number of carbonyl (C=O) groups excluding carboxylic acids is 1. The Kier molecular flexibility index (Phi) is 5.59. The molecule has 3 aromatic rings. The van der Waals surface area contributed by atoms with Crippen molar-refractivity contribution in [1.29, 1.82) is 0 Å². The van der Waals surface area contributed by atoms with Gasteiger partial charge in [0.25, 0.3) is 11.6 Å². The Morgan fingerprint density at radius 1 is 1.29 bits per heavy atom. The van der Waals surface area contributed by atoms with Crippen molar-refractivity contribution in [1.82, 2.24) is 15.0 Å². The summed E-state index contributed by atoms with van der Waals surface area (Å²) < 4.78 is 5.28. The van der Waals surface area contributed by atoms with Crippen LogP contribution in [0.5, 0.6) is 0 Å². The van der Waals surface area contributed by atoms with Crippen LogP contribution in [0.4, 0.5) is 5.69 Å². The van der Waals surface area contributed by atoms with Gasteiger partial charge in [0.1, 0.15) is 6.54 Å². The summed E-state index contributed by atoms with van der Waals surface area (Å²) in [4.78, 5) is 29.2. The number of benzene rings is 2. The largest absolute Gasteiger partial charge is 0.337 e. The summed E-state index contributed by atoms with van der Waals surface area (Å²) >= 11 is 0. The van der Waals surface area contributed by atoms with Crippen molar-refractivity contribution in [2.45, 2.75) is 13.5 Å². The highest BCUT2D eigenvalue weighted by atomic mass is 16.6. The van der Waals surface area contributed by atoms with Crippen LogP contribution < -0.4 is 0 Å². The number of nitro benzene ring substituents is 1. The molecule has 0 aliphatic rings. The molecule has 0 fully saturated rings. The quantitative estimate of drug-likeness (QED) is 0.352. The monoisotopic (exact) mass is 378 g/mol. The van der Waals surface area contributed by atoms with E-state index in [1.54, 1.807) is 13.0 Å². The molecule has 0 unspecified atom stereocenters. The molecule has 0 atom stereocenters. The highest BCUT2D eigenvalue weighted by molar-refractivity contribution is 5.94. The Hall–Kier alpha value is -3.81. The van der Waals surface area contributed by atoms with Gasteiger partial charge in [-0.05, 0) is 19.1 Å². The molecule has 0 saturated heterocycles. The van der Waals surface area contributed by atoms with Gasteiger partial charge in [-0.15, -0.1) is 6.58 Å². The number of aryl methyl sites for hydroxylation is 1. The summed E-state index contributed by atoms with van der Waals surface area (Å²) in [6.07, 6.45) is 1.59. The molecular formula is C20H18N4O4. The third kappa shape index (κ3) is 4.12. The summed E-state index contributed by atoms with van der Waals surface area (Å²) in [5.41, 5.74) is 1.53. The van der Waals surface area contributed by atoms with E-state index in [0.29, 0.717) is 17.0 Å². The lowest BCUT2D eigenvalue weighted by molar-refractivity contribution is -0.385. The molecule has 0 radical (unpaired) electrons. The molecule has 8 nitrogen and oxygen atoms in total. The van der Waals surface area contributed by atoms with Crippen molar-refractivity contribution in [3.63, 3.8) is 0 Å². The lowest BCUT2D eigenvalue weighted by Crippen LogP contribution is -2.31. The van der Waals surface area contributed by atoms with Gasteiger partial charge in [0, 0.05) is 29.3 Å². The Labute approximate surface area is 161 Å². The predicted molar refractivity (Wildman–Crippen MR) is 103 cm³/mol. The smallest absolute Gasteiger partial charge is 0.272 e. The Morgan fingerprint density at radius 3 is 2.68 bits per heavy atom. The van der Waals surface area contributed by atoms with Gasteiger partial charge in [-0.25, -0.2) is 0 Å². The van der Waals surface area contributed by atoms with Gasteiger partial charge in [-0.2, -0.15) is 4.98 Å². The van der Waals surface area contributed by atoms with Crippen LogP contribution in [0.1, 0.15) is 21.8 Å². The van der Waals surface area contributed by atoms with Gasteiger partial charge >= 0.3 is 0 Å². The number of hydrogen-bond acceptors (Lipinski definition) is 6. The topological polar surface area (TPSA) is 102 Å². The summed E-state index contributed by atoms with van der Waals surface area (Å²) in [5, 5.41) is 14.9. The van der Waals surface area contributed by atoms with Gasteiger partial charge in [0.15, 0.2) is 0 Å². The average molecular weight is 378 g/mol. The summed E-state index contributed by atoms with van der Waals surface area (Å²) in [5.74, 6) is 0.415. The maximum Gasteiger partial charge on any atom is 0.272 e. The molecule has 0 N–H and O–H groups in total. The number of carbonyl (C=O) groups is 1. The minimum absolute atomic E-state index is 0.0313. The highest BCUT2D eigenvalue weighted by Crippen LogP contribution is 2.21. The van der Waals surface area contributed by atoms with Crippen LogP contribution in [0, 0.1) is 17.0 Å². The lowest BCUT2D eigenvalue weighted by atomic mass is 10.1. The third-order valence-corrected chi connectivity index (χ3v) is 4.10. The van der Waals surface area contributed by atoms with Crippen molar-refractivity contribution in [2.75, 3.05) is 6.54 Å². The van der Waals surface area contributed by atoms with Gasteiger partial charge in [0.05, 0.1) is 4.92 Å². The maximum absolute atomic E-state index is 12.9. The van der Waals surface area contributed by atoms with E-state index >= 15 is 0 Å². The van der Waals surface area contributed by atoms with E-state index in [0.717, 1.165) is 5.56 Å². The molecule has 0 spiro atoms. The molecule has 142 valence electrons. The predicted octanol–water partition coefficient (Wildman–Crippen LogP) is 3.78. The van der Waals surface area contributed by atoms with E-state index in [2.05, 4.69) is 16.7 Å². The number of aromatic nitrogens is 2. The summed E-state index contributed by atoms with van der Waals surface area (Å²) in [6.45, 7) is 5.63. The normalized spacial score (nSPS) is 10.5. The van der Waals surface area contributed by atoms with E-state index in [4.69, 9.17) is 4.52 Å². The third-order valence-electron chi connectivity index (χ3n) is 4.10. The van der Waals surface area contributed by atoms with Crippen molar-refractivity contribution < 1.29 is 14.2 Å². The van der Waals surface area contributed by atoms with Crippen molar-refractivity contribution in [3.8, 4) is 11.4 Å². The Balaban J connectivity index is 1.81. The molecule has 1 amide bonds. The first-order valence-electron chi connectivity index (χ1n) is 8.53. The summed E-state index contributed by atoms with van der Waals surface area (Å²) in [6, 6.07) is 13.6. The first kappa shape index (κ1) is 19.0. The SMILES string of the molecule is C=CCN(Cc1nc(-c2ccccc2)no1)C(=O)c1ccc([N+](=O)[O-])c(C)c1. The fraction of sp³-hybridized carbons (Fsp3) is 0.150. The van der Waals surface area contributed by atoms with Crippen LogP contribution in [0.3, 0.4) is 0 Å². The van der Waals surface area contributed by atoms with Gasteiger partial charge in [0.2, 0.25) is 11.7 Å². The first-order valence-corrected chi connectivity index (χ1v) is 8.53. The molecular weight excluding hydrogens is 360 g/mol. The standard InChI is InChI=1S/C20H18N4O4/c1-3-11-23(20(25)16-9-10-17(24(26)27)14(2)12-16)13-18-21-19(22-28-18)15-7-5-4-6-8-15/h3-10,12H,1,11,13H2,2H3. The molecule has 3 rings (SSSR count). The van der Waals surface area contributed by atoms with Crippen LogP contribution in [-0.2, 0) is 6.54 Å². The fourth-order valence-corrected chi connectivity index (χ4v) is 2.74. The van der Waals surface area contributed by atoms with Crippen LogP contribution in [0.15, 0.2) is 65.7 Å². The van der Waals surface area contributed by atoms with E-state index in [9.17, 15) is 14.9 Å². The maximum atomic E-state index is 12.9. The number of hydrogen-bond donors (Lipinski definition) is 0. The second-order valence-corrected chi connectivity index (χ2v) is 6.11. The second-order valence-electron chi connectivity index (χ2n) is 6.11. The zero-order valence-electron chi connectivity index (χ0n) is 15.2. The molecule has 0 aliphatic carbocycles. The minimum atomic E-state index is -0.478. The Morgan fingerprint density at radius 2 is 2.04 bits per heavy atom. The lowest BCUT2D eigenvalue weighted by Gasteiger charge is -2.19. The Bertz CT molecular complexity index is 1010. The van der Waals surface area contributed by atoms with Crippen LogP contribution in [-0.4, -0.2) is 32.4 Å². The molecule has 1 heterocycles. The number of rotatable bonds is 7. The zero-order chi connectivity index (χ0) is 20.1. The van der Waals surface area contributed by atoms with Gasteiger partial charge in [-0.3, -0.25) is 14.9 Å². The van der Waals surface area contributed by atoms with Gasteiger partial charge in [-0.1, -0.05) is 41.6 Å². The molecule has 2 aromatic carbocycles. The highest BCUT2D eigenvalue weighted by Gasteiger charge is 2.21. The molecule has 0 saturated carbocycles. The fourth-order valence-electron chi connectivity index (χ4n) is 2.74. The number of nitrogens with zero attached hydrogens (tertiary/aromatic N) is 4. The van der Waals surface area contributed by atoms with Crippen molar-refractivity contribution in [3.05, 3.63) is 88.3 Å². The number of amides is 1. The second kappa shape index (κ2) is 8.26. The number of nitro groups is 1. The molecule has 0 bridgehead atoms. The van der Waals surface area contributed by atoms with Crippen LogP contribution in [0.25, 0.3) is 11.4 Å². The van der Waals surface area contributed by atoms with E-state index < -0.39 is 4.92 Å². The van der Waals surface area contributed by atoms with Crippen LogP contribution in [0.2, 0.25) is 0 Å². The molecule has 1 aromatic heterocycles. The molecule has 28 heavy (non-hydrogen) atoms.